The normalized spacial score (nSPS) is 10.8. The summed E-state index contributed by atoms with van der Waals surface area (Å²) in [5.74, 6) is -0.193. The minimum atomic E-state index is -3.65. The molecule has 0 aliphatic rings. The zero-order valence-corrected chi connectivity index (χ0v) is 10.1. The lowest BCUT2D eigenvalue weighted by Crippen LogP contribution is -2.10. The minimum absolute atomic E-state index is 0.173. The van der Waals surface area contributed by atoms with E-state index in [9.17, 15) is 8.42 Å². The first kappa shape index (κ1) is 12.2. The Labute approximate surface area is 105 Å². The first-order chi connectivity index (χ1) is 8.63. The number of benzene rings is 1. The Morgan fingerprint density at radius 2 is 1.78 bits per heavy atom. The molecule has 0 saturated carbocycles. The highest BCUT2D eigenvalue weighted by atomic mass is 32.2. The fourth-order valence-corrected chi connectivity index (χ4v) is 2.87. The highest BCUT2D eigenvalue weighted by molar-refractivity contribution is 7.90. The lowest BCUT2D eigenvalue weighted by molar-refractivity contribution is 0.590. The molecule has 0 atom stereocenters. The molecule has 6 heteroatoms. The van der Waals surface area contributed by atoms with Crippen LogP contribution in [0.25, 0.3) is 0 Å². The highest BCUT2D eigenvalue weighted by Gasteiger charge is 2.21. The molecule has 2 rings (SSSR count). The van der Waals surface area contributed by atoms with Crippen molar-refractivity contribution in [1.29, 1.82) is 5.26 Å². The van der Waals surface area contributed by atoms with Crippen LogP contribution in [0.3, 0.4) is 0 Å². The molecule has 0 N–H and O–H groups in total. The van der Waals surface area contributed by atoms with E-state index in [4.69, 9.17) is 5.26 Å². The van der Waals surface area contributed by atoms with Gasteiger partial charge in [-0.25, -0.2) is 18.4 Å². The van der Waals surface area contributed by atoms with Crippen LogP contribution in [0.4, 0.5) is 0 Å². The molecule has 0 aliphatic carbocycles. The van der Waals surface area contributed by atoms with E-state index >= 15 is 0 Å². The molecule has 0 spiro atoms. The van der Waals surface area contributed by atoms with Crippen LogP contribution in [0.2, 0.25) is 0 Å². The Balaban J connectivity index is 2.41. The third kappa shape index (κ3) is 2.52. The van der Waals surface area contributed by atoms with Gasteiger partial charge >= 0.3 is 0 Å². The molecule has 0 amide bonds. The molecular formula is C12H9N3O2S. The predicted molar refractivity (Wildman–Crippen MR) is 64.1 cm³/mol. The Morgan fingerprint density at radius 1 is 1.11 bits per heavy atom. The second kappa shape index (κ2) is 4.94. The number of hydrogen-bond acceptors (Lipinski definition) is 5. The van der Waals surface area contributed by atoms with E-state index in [1.54, 1.807) is 36.4 Å². The van der Waals surface area contributed by atoms with E-state index in [2.05, 4.69) is 9.97 Å². The molecule has 5 nitrogen and oxygen atoms in total. The van der Waals surface area contributed by atoms with Crippen LogP contribution < -0.4 is 0 Å². The van der Waals surface area contributed by atoms with E-state index in [0.29, 0.717) is 5.56 Å². The third-order valence-corrected chi connectivity index (χ3v) is 3.87. The van der Waals surface area contributed by atoms with Gasteiger partial charge in [0.1, 0.15) is 6.07 Å². The van der Waals surface area contributed by atoms with E-state index in [1.807, 2.05) is 0 Å². The molecule has 0 radical (unpaired) electrons. The molecular weight excluding hydrogens is 250 g/mol. The zero-order chi connectivity index (χ0) is 13.0. The van der Waals surface area contributed by atoms with Gasteiger partial charge in [-0.1, -0.05) is 30.3 Å². The zero-order valence-electron chi connectivity index (χ0n) is 9.31. The Hall–Kier alpha value is -2.26. The van der Waals surface area contributed by atoms with Crippen LogP contribution in [0.5, 0.6) is 0 Å². The van der Waals surface area contributed by atoms with Gasteiger partial charge in [-0.15, -0.1) is 0 Å². The lowest BCUT2D eigenvalue weighted by atomic mass is 10.2. The van der Waals surface area contributed by atoms with Gasteiger partial charge in [0, 0.05) is 12.4 Å². The summed E-state index contributed by atoms with van der Waals surface area (Å²) in [6, 6.07) is 10.5. The summed E-state index contributed by atoms with van der Waals surface area (Å²) in [4.78, 5) is 7.45. The Morgan fingerprint density at radius 3 is 2.44 bits per heavy atom. The quantitative estimate of drug-likeness (QED) is 0.830. The SMILES string of the molecule is N#Cc1nccnc1S(=O)(=O)Cc1ccccc1. The van der Waals surface area contributed by atoms with Crippen molar-refractivity contribution < 1.29 is 8.42 Å². The molecule has 1 heterocycles. The first-order valence-electron chi connectivity index (χ1n) is 5.11. The summed E-state index contributed by atoms with van der Waals surface area (Å²) in [5, 5.41) is 8.56. The van der Waals surface area contributed by atoms with Gasteiger partial charge < -0.3 is 0 Å². The summed E-state index contributed by atoms with van der Waals surface area (Å²) >= 11 is 0. The standard InChI is InChI=1S/C12H9N3O2S/c13-8-11-12(15-7-6-14-11)18(16,17)9-10-4-2-1-3-5-10/h1-7H,9H2. The van der Waals surface area contributed by atoms with Crippen molar-refractivity contribution >= 4 is 9.84 Å². The molecule has 18 heavy (non-hydrogen) atoms. The van der Waals surface area contributed by atoms with Gasteiger partial charge in [0.05, 0.1) is 5.75 Å². The summed E-state index contributed by atoms with van der Waals surface area (Å²) in [6.45, 7) is 0. The van der Waals surface area contributed by atoms with Gasteiger partial charge in [-0.2, -0.15) is 5.26 Å². The van der Waals surface area contributed by atoms with Crippen LogP contribution in [-0.4, -0.2) is 18.4 Å². The Kier molecular flexibility index (Phi) is 3.35. The smallest absolute Gasteiger partial charge is 0.202 e. The molecule has 0 fully saturated rings. The van der Waals surface area contributed by atoms with Crippen LogP contribution >= 0.6 is 0 Å². The number of aromatic nitrogens is 2. The second-order valence-electron chi connectivity index (χ2n) is 3.57. The average Bonchev–Trinajstić information content (AvgIpc) is 2.39. The molecule has 2 aromatic rings. The number of nitrogens with zero attached hydrogens (tertiary/aromatic N) is 3. The van der Waals surface area contributed by atoms with Crippen molar-refractivity contribution in [3.63, 3.8) is 0 Å². The largest absolute Gasteiger partial charge is 0.241 e. The van der Waals surface area contributed by atoms with Gasteiger partial charge in [-0.3, -0.25) is 0 Å². The van der Waals surface area contributed by atoms with Gasteiger partial charge in [0.25, 0.3) is 0 Å². The van der Waals surface area contributed by atoms with Crippen molar-refractivity contribution in [2.24, 2.45) is 0 Å². The third-order valence-electron chi connectivity index (χ3n) is 2.26. The maximum atomic E-state index is 12.1. The molecule has 0 saturated heterocycles. The fraction of sp³-hybridized carbons (Fsp3) is 0.0833. The van der Waals surface area contributed by atoms with Gasteiger partial charge in [0.15, 0.2) is 10.7 Å². The van der Waals surface area contributed by atoms with E-state index in [0.717, 1.165) is 0 Å². The number of sulfone groups is 1. The maximum Gasteiger partial charge on any atom is 0.202 e. The van der Waals surface area contributed by atoms with Crippen LogP contribution in [-0.2, 0) is 15.6 Å². The lowest BCUT2D eigenvalue weighted by Gasteiger charge is -2.04. The van der Waals surface area contributed by atoms with E-state index < -0.39 is 9.84 Å². The van der Waals surface area contributed by atoms with Crippen molar-refractivity contribution in [1.82, 2.24) is 9.97 Å². The monoisotopic (exact) mass is 259 g/mol. The van der Waals surface area contributed by atoms with E-state index in [1.165, 1.54) is 12.4 Å². The molecule has 0 unspecified atom stereocenters. The highest BCUT2D eigenvalue weighted by Crippen LogP contribution is 2.15. The molecule has 0 bridgehead atoms. The topological polar surface area (TPSA) is 83.7 Å². The molecule has 1 aromatic heterocycles. The minimum Gasteiger partial charge on any atom is -0.241 e. The van der Waals surface area contributed by atoms with Gasteiger partial charge in [-0.05, 0) is 5.56 Å². The fourth-order valence-electron chi connectivity index (χ4n) is 1.49. The first-order valence-corrected chi connectivity index (χ1v) is 6.76. The van der Waals surface area contributed by atoms with E-state index in [-0.39, 0.29) is 16.5 Å². The predicted octanol–water partition coefficient (Wildman–Crippen LogP) is 1.32. The summed E-state index contributed by atoms with van der Waals surface area (Å²) < 4.78 is 24.3. The van der Waals surface area contributed by atoms with Crippen molar-refractivity contribution in [2.75, 3.05) is 0 Å². The summed E-state index contributed by atoms with van der Waals surface area (Å²) in [5.41, 5.74) is 0.473. The Bertz CT molecular complexity index is 691. The van der Waals surface area contributed by atoms with Crippen LogP contribution in [0.15, 0.2) is 47.8 Å². The molecule has 90 valence electrons. The van der Waals surface area contributed by atoms with Gasteiger partial charge in [0.2, 0.25) is 9.84 Å². The van der Waals surface area contributed by atoms with Crippen LogP contribution in [0, 0.1) is 11.3 Å². The van der Waals surface area contributed by atoms with Crippen LogP contribution in [0.1, 0.15) is 11.3 Å². The second-order valence-corrected chi connectivity index (χ2v) is 5.47. The molecule has 0 aliphatic heterocycles. The summed E-state index contributed by atoms with van der Waals surface area (Å²) in [6.07, 6.45) is 2.55. The van der Waals surface area contributed by atoms with Crippen molar-refractivity contribution in [2.45, 2.75) is 10.8 Å². The van der Waals surface area contributed by atoms with Crippen molar-refractivity contribution in [3.8, 4) is 6.07 Å². The molecule has 1 aromatic carbocycles. The average molecular weight is 259 g/mol. The summed E-state index contributed by atoms with van der Waals surface area (Å²) in [7, 11) is -3.65. The maximum absolute atomic E-state index is 12.1. The number of nitriles is 1. The number of rotatable bonds is 3. The number of hydrogen-bond donors (Lipinski definition) is 0. The van der Waals surface area contributed by atoms with Crippen molar-refractivity contribution in [3.05, 3.63) is 54.0 Å².